The summed E-state index contributed by atoms with van der Waals surface area (Å²) < 4.78 is 0. The molecule has 0 aliphatic heterocycles. The molecule has 1 aromatic rings. The van der Waals surface area contributed by atoms with Crippen LogP contribution in [-0.2, 0) is 6.54 Å². The molecular weight excluding hydrogens is 206 g/mol. The molecule has 0 aliphatic carbocycles. The first-order valence-corrected chi connectivity index (χ1v) is 5.60. The molecule has 0 bridgehead atoms. The summed E-state index contributed by atoms with van der Waals surface area (Å²) in [5.74, 6) is 0. The van der Waals surface area contributed by atoms with Gasteiger partial charge in [0.15, 0.2) is 5.11 Å². The van der Waals surface area contributed by atoms with Crippen LogP contribution in [-0.4, -0.2) is 28.1 Å². The zero-order chi connectivity index (χ0) is 11.1. The van der Waals surface area contributed by atoms with Gasteiger partial charge in [-0.1, -0.05) is 6.07 Å². The van der Waals surface area contributed by atoms with E-state index in [0.717, 1.165) is 30.3 Å². The van der Waals surface area contributed by atoms with Crippen molar-refractivity contribution in [3.63, 3.8) is 0 Å². The Morgan fingerprint density at radius 2 is 2.20 bits per heavy atom. The van der Waals surface area contributed by atoms with Crippen LogP contribution >= 0.6 is 12.2 Å². The van der Waals surface area contributed by atoms with Crippen molar-refractivity contribution in [2.24, 2.45) is 0 Å². The summed E-state index contributed by atoms with van der Waals surface area (Å²) in [7, 11) is 0. The molecule has 0 aromatic carbocycles. The average Bonchev–Trinajstić information content (AvgIpc) is 2.29. The highest BCUT2D eigenvalue weighted by Crippen LogP contribution is 1.96. The number of aromatic nitrogens is 1. The monoisotopic (exact) mass is 223 g/mol. The van der Waals surface area contributed by atoms with Crippen LogP contribution in [0.1, 0.15) is 19.4 Å². The van der Waals surface area contributed by atoms with Crippen LogP contribution in [0.2, 0.25) is 0 Å². The van der Waals surface area contributed by atoms with Gasteiger partial charge in [-0.05, 0) is 37.7 Å². The first-order chi connectivity index (χ1) is 7.27. The minimum atomic E-state index is 0.739. The highest BCUT2D eigenvalue weighted by molar-refractivity contribution is 7.80. The second-order valence-corrected chi connectivity index (χ2v) is 3.58. The topological polar surface area (TPSA) is 28.2 Å². The van der Waals surface area contributed by atoms with E-state index in [1.54, 1.807) is 6.20 Å². The highest BCUT2D eigenvalue weighted by atomic mass is 32.1. The molecule has 0 amide bonds. The van der Waals surface area contributed by atoms with Gasteiger partial charge in [0.25, 0.3) is 0 Å². The van der Waals surface area contributed by atoms with Crippen molar-refractivity contribution in [3.8, 4) is 0 Å². The Hall–Kier alpha value is -1.16. The summed E-state index contributed by atoms with van der Waals surface area (Å²) >= 11 is 5.27. The van der Waals surface area contributed by atoms with E-state index >= 15 is 0 Å². The molecule has 0 fully saturated rings. The molecular formula is C11H17N3S. The van der Waals surface area contributed by atoms with Crippen LogP contribution < -0.4 is 5.32 Å². The zero-order valence-electron chi connectivity index (χ0n) is 9.23. The maximum Gasteiger partial charge on any atom is 0.169 e. The van der Waals surface area contributed by atoms with Gasteiger partial charge in [0, 0.05) is 32.0 Å². The third kappa shape index (κ3) is 3.83. The van der Waals surface area contributed by atoms with Crippen molar-refractivity contribution >= 4 is 17.3 Å². The van der Waals surface area contributed by atoms with Crippen LogP contribution in [0.15, 0.2) is 24.5 Å². The van der Waals surface area contributed by atoms with Crippen LogP contribution in [0.3, 0.4) is 0 Å². The van der Waals surface area contributed by atoms with Gasteiger partial charge in [-0.15, -0.1) is 0 Å². The van der Waals surface area contributed by atoms with E-state index < -0.39 is 0 Å². The van der Waals surface area contributed by atoms with Gasteiger partial charge in [-0.2, -0.15) is 0 Å². The molecule has 0 saturated carbocycles. The molecule has 0 radical (unpaired) electrons. The Morgan fingerprint density at radius 1 is 1.47 bits per heavy atom. The molecule has 3 nitrogen and oxygen atoms in total. The maximum atomic E-state index is 5.27. The number of rotatable bonds is 4. The Balaban J connectivity index is 2.40. The molecule has 15 heavy (non-hydrogen) atoms. The van der Waals surface area contributed by atoms with Crippen LogP contribution in [0.4, 0.5) is 0 Å². The number of hydrogen-bond acceptors (Lipinski definition) is 2. The van der Waals surface area contributed by atoms with Gasteiger partial charge in [-0.25, -0.2) is 0 Å². The second kappa shape index (κ2) is 6.35. The number of nitrogens with zero attached hydrogens (tertiary/aromatic N) is 2. The number of nitrogens with one attached hydrogen (secondary N) is 1. The van der Waals surface area contributed by atoms with E-state index in [-0.39, 0.29) is 0 Å². The normalized spacial score (nSPS) is 9.73. The predicted molar refractivity (Wildman–Crippen MR) is 66.6 cm³/mol. The third-order valence-electron chi connectivity index (χ3n) is 2.22. The summed E-state index contributed by atoms with van der Waals surface area (Å²) in [6.07, 6.45) is 3.62. The smallest absolute Gasteiger partial charge is 0.169 e. The van der Waals surface area contributed by atoms with Gasteiger partial charge in [0.1, 0.15) is 0 Å². The molecule has 0 atom stereocenters. The Labute approximate surface area is 96.5 Å². The van der Waals surface area contributed by atoms with Crippen molar-refractivity contribution < 1.29 is 0 Å². The van der Waals surface area contributed by atoms with Gasteiger partial charge < -0.3 is 10.2 Å². The lowest BCUT2D eigenvalue weighted by molar-refractivity contribution is 0.456. The molecule has 4 heteroatoms. The number of hydrogen-bond donors (Lipinski definition) is 1. The lowest BCUT2D eigenvalue weighted by atomic mass is 10.3. The van der Waals surface area contributed by atoms with Crippen LogP contribution in [0.5, 0.6) is 0 Å². The van der Waals surface area contributed by atoms with E-state index in [4.69, 9.17) is 12.2 Å². The Kier molecular flexibility index (Phi) is 5.04. The molecule has 1 rings (SSSR count). The average molecular weight is 223 g/mol. The summed E-state index contributed by atoms with van der Waals surface area (Å²) in [6.45, 7) is 6.82. The largest absolute Gasteiger partial charge is 0.358 e. The first-order valence-electron chi connectivity index (χ1n) is 5.19. The lowest BCUT2D eigenvalue weighted by Crippen LogP contribution is -2.39. The van der Waals surface area contributed by atoms with E-state index in [2.05, 4.69) is 29.0 Å². The van der Waals surface area contributed by atoms with Gasteiger partial charge in [0.2, 0.25) is 0 Å². The summed E-state index contributed by atoms with van der Waals surface area (Å²) in [4.78, 5) is 6.17. The molecule has 0 saturated heterocycles. The standard InChI is InChI=1S/C11H17N3S/c1-3-14(4-2)11(15)13-9-10-6-5-7-12-8-10/h5-8H,3-4,9H2,1-2H3,(H,13,15). The SMILES string of the molecule is CCN(CC)C(=S)NCc1cccnc1. The molecule has 0 spiro atoms. The third-order valence-corrected chi connectivity index (χ3v) is 2.62. The predicted octanol–water partition coefficient (Wildman–Crippen LogP) is 1.80. The lowest BCUT2D eigenvalue weighted by Gasteiger charge is -2.22. The van der Waals surface area contributed by atoms with E-state index in [1.165, 1.54) is 0 Å². The maximum absolute atomic E-state index is 5.27. The fourth-order valence-corrected chi connectivity index (χ4v) is 1.63. The van der Waals surface area contributed by atoms with Crippen molar-refractivity contribution in [2.75, 3.05) is 13.1 Å². The summed E-state index contributed by atoms with van der Waals surface area (Å²) in [6, 6.07) is 3.96. The van der Waals surface area contributed by atoms with E-state index in [1.807, 2.05) is 18.3 Å². The molecule has 82 valence electrons. The first kappa shape index (κ1) is 11.9. The fraction of sp³-hybridized carbons (Fsp3) is 0.455. The fourth-order valence-electron chi connectivity index (χ4n) is 1.30. The van der Waals surface area contributed by atoms with Crippen molar-refractivity contribution in [3.05, 3.63) is 30.1 Å². The van der Waals surface area contributed by atoms with E-state index in [0.29, 0.717) is 0 Å². The van der Waals surface area contributed by atoms with Crippen LogP contribution in [0.25, 0.3) is 0 Å². The second-order valence-electron chi connectivity index (χ2n) is 3.19. The molecule has 0 unspecified atom stereocenters. The van der Waals surface area contributed by atoms with Crippen LogP contribution in [0, 0.1) is 0 Å². The van der Waals surface area contributed by atoms with Crippen molar-refractivity contribution in [1.29, 1.82) is 0 Å². The minimum Gasteiger partial charge on any atom is -0.358 e. The Morgan fingerprint density at radius 3 is 2.73 bits per heavy atom. The minimum absolute atomic E-state index is 0.739. The van der Waals surface area contributed by atoms with E-state index in [9.17, 15) is 0 Å². The highest BCUT2D eigenvalue weighted by Gasteiger charge is 2.03. The summed E-state index contributed by atoms with van der Waals surface area (Å²) in [5.41, 5.74) is 1.15. The van der Waals surface area contributed by atoms with Gasteiger partial charge in [0.05, 0.1) is 0 Å². The molecule has 1 heterocycles. The molecule has 1 N–H and O–H groups in total. The zero-order valence-corrected chi connectivity index (χ0v) is 10.0. The Bertz CT molecular complexity index is 296. The van der Waals surface area contributed by atoms with Gasteiger partial charge in [-0.3, -0.25) is 4.98 Å². The van der Waals surface area contributed by atoms with Gasteiger partial charge >= 0.3 is 0 Å². The van der Waals surface area contributed by atoms with Crippen molar-refractivity contribution in [1.82, 2.24) is 15.2 Å². The number of pyridine rings is 1. The summed E-state index contributed by atoms with van der Waals surface area (Å²) in [5, 5.41) is 4.03. The molecule has 0 aliphatic rings. The molecule has 1 aromatic heterocycles. The number of thiocarbonyl (C=S) groups is 1. The quantitative estimate of drug-likeness (QED) is 0.788. The van der Waals surface area contributed by atoms with Crippen molar-refractivity contribution in [2.45, 2.75) is 20.4 Å².